The Morgan fingerprint density at radius 3 is 2.24 bits per heavy atom. The number of carboxylic acid groups (broad SMARTS) is 2. The molecule has 3 aliphatic heterocycles. The number of morpholine rings is 1. The van der Waals surface area contributed by atoms with Gasteiger partial charge in [-0.05, 0) is 31.4 Å². The lowest BCUT2D eigenvalue weighted by Crippen LogP contribution is -2.51. The molecule has 0 unspecified atom stereocenters. The summed E-state index contributed by atoms with van der Waals surface area (Å²) < 4.78 is 75.2. The maximum absolute atomic E-state index is 10.6. The Morgan fingerprint density at radius 1 is 1.05 bits per heavy atom. The fourth-order valence-electron chi connectivity index (χ4n) is 5.34. The third-order valence-electron chi connectivity index (χ3n) is 7.07. The molecule has 2 bridgehead atoms. The van der Waals surface area contributed by atoms with Crippen molar-refractivity contribution < 1.29 is 55.6 Å². The molecule has 232 valence electrons. The first-order chi connectivity index (χ1) is 19.6. The number of benzene rings is 1. The zero-order valence-corrected chi connectivity index (χ0v) is 22.4. The van der Waals surface area contributed by atoms with Crippen LogP contribution < -0.4 is 9.64 Å². The molecule has 1 aromatic heterocycles. The Balaban J connectivity index is 0.000000289. The fourth-order valence-corrected chi connectivity index (χ4v) is 5.34. The average Bonchev–Trinajstić information content (AvgIpc) is 3.16. The van der Waals surface area contributed by atoms with E-state index in [1.807, 2.05) is 6.07 Å². The molecule has 0 aliphatic carbocycles. The minimum atomic E-state index is -5.08. The maximum atomic E-state index is 10.6. The number of anilines is 1. The molecule has 0 amide bonds. The number of nitrogens with zero attached hydrogens (tertiary/aromatic N) is 4. The van der Waals surface area contributed by atoms with Crippen LogP contribution in [0.3, 0.4) is 0 Å². The number of methoxy groups -OCH3 is 1. The van der Waals surface area contributed by atoms with Crippen molar-refractivity contribution in [2.45, 2.75) is 50.4 Å². The highest BCUT2D eigenvalue weighted by molar-refractivity contribution is 5.73. The van der Waals surface area contributed by atoms with E-state index < -0.39 is 24.3 Å². The second-order valence-electron chi connectivity index (χ2n) is 10.0. The Bertz CT molecular complexity index is 1180. The highest BCUT2D eigenvalue weighted by Crippen LogP contribution is 2.48. The van der Waals surface area contributed by atoms with E-state index >= 15 is 0 Å². The first-order valence-electron chi connectivity index (χ1n) is 12.8. The molecule has 1 spiro atoms. The number of hydrogen-bond acceptors (Lipinski definition) is 8. The number of carboxylic acids is 2. The number of halogens is 6. The van der Waals surface area contributed by atoms with Crippen LogP contribution in [0.5, 0.6) is 5.88 Å². The van der Waals surface area contributed by atoms with Crippen LogP contribution in [0, 0.1) is 5.41 Å². The molecular weight excluding hydrogens is 578 g/mol. The van der Waals surface area contributed by atoms with Crippen molar-refractivity contribution in [3.63, 3.8) is 0 Å². The van der Waals surface area contributed by atoms with Gasteiger partial charge in [0.15, 0.2) is 0 Å². The zero-order valence-electron chi connectivity index (χ0n) is 22.4. The second-order valence-corrected chi connectivity index (χ2v) is 10.0. The van der Waals surface area contributed by atoms with E-state index in [-0.39, 0.29) is 17.6 Å². The van der Waals surface area contributed by atoms with Gasteiger partial charge in [0.25, 0.3) is 0 Å². The van der Waals surface area contributed by atoms with Gasteiger partial charge in [-0.2, -0.15) is 26.3 Å². The first kappa shape index (κ1) is 32.8. The SMILES string of the molecule is COc1cc(N2C[C@@H]3C[C@@]4(CCCN(Cc5ccccc5)C4)[C@H](C2)O3)ncn1.O=C(O)C(F)(F)F.O=C(O)C(F)(F)F. The normalized spacial score (nSPS) is 23.7. The van der Waals surface area contributed by atoms with Crippen LogP contribution in [-0.2, 0) is 20.9 Å². The molecule has 3 saturated heterocycles. The molecule has 3 atom stereocenters. The number of aliphatic carboxylic acids is 2. The van der Waals surface area contributed by atoms with Gasteiger partial charge < -0.3 is 24.6 Å². The Labute approximate surface area is 236 Å². The monoisotopic (exact) mass is 608 g/mol. The molecule has 2 aromatic rings. The smallest absolute Gasteiger partial charge is 0.481 e. The molecule has 5 rings (SSSR count). The molecule has 10 nitrogen and oxygen atoms in total. The number of piperidine rings is 1. The summed E-state index contributed by atoms with van der Waals surface area (Å²) in [5.74, 6) is -3.95. The maximum Gasteiger partial charge on any atom is 0.490 e. The number of carbonyl (C=O) groups is 2. The number of alkyl halides is 6. The number of ether oxygens (including phenoxy) is 2. The lowest BCUT2D eigenvalue weighted by molar-refractivity contribution is -0.193. The molecule has 4 heterocycles. The third-order valence-corrected chi connectivity index (χ3v) is 7.07. The van der Waals surface area contributed by atoms with Gasteiger partial charge in [0, 0.05) is 37.7 Å². The van der Waals surface area contributed by atoms with Crippen LogP contribution in [-0.4, -0.2) is 94.9 Å². The Morgan fingerprint density at radius 2 is 1.67 bits per heavy atom. The van der Waals surface area contributed by atoms with E-state index in [9.17, 15) is 26.3 Å². The quantitative estimate of drug-likeness (QED) is 0.492. The molecule has 3 fully saturated rings. The summed E-state index contributed by atoms with van der Waals surface area (Å²) in [5.41, 5.74) is 1.67. The predicted octanol–water partition coefficient (Wildman–Crippen LogP) is 4.01. The van der Waals surface area contributed by atoms with Gasteiger partial charge in [-0.1, -0.05) is 30.3 Å². The van der Waals surface area contributed by atoms with E-state index in [1.165, 1.54) is 24.9 Å². The summed E-state index contributed by atoms with van der Waals surface area (Å²) in [4.78, 5) is 31.4. The van der Waals surface area contributed by atoms with Crippen molar-refractivity contribution in [2.24, 2.45) is 5.41 Å². The van der Waals surface area contributed by atoms with Crippen molar-refractivity contribution in [1.82, 2.24) is 14.9 Å². The van der Waals surface area contributed by atoms with Crippen molar-refractivity contribution in [1.29, 1.82) is 0 Å². The van der Waals surface area contributed by atoms with E-state index in [4.69, 9.17) is 29.3 Å². The highest BCUT2D eigenvalue weighted by atomic mass is 19.4. The van der Waals surface area contributed by atoms with Gasteiger partial charge in [-0.15, -0.1) is 0 Å². The molecule has 42 heavy (non-hydrogen) atoms. The summed E-state index contributed by atoms with van der Waals surface area (Å²) in [6.45, 7) is 5.14. The van der Waals surface area contributed by atoms with Crippen molar-refractivity contribution >= 4 is 17.8 Å². The number of rotatable bonds is 4. The van der Waals surface area contributed by atoms with Crippen LogP contribution in [0.15, 0.2) is 42.7 Å². The van der Waals surface area contributed by atoms with Crippen molar-refractivity contribution in [3.8, 4) is 5.88 Å². The van der Waals surface area contributed by atoms with Gasteiger partial charge >= 0.3 is 24.3 Å². The topological polar surface area (TPSA) is 125 Å². The number of fused-ring (bicyclic) bond motifs is 3. The van der Waals surface area contributed by atoms with E-state index in [2.05, 4.69) is 50.1 Å². The lowest BCUT2D eigenvalue weighted by Gasteiger charge is -2.44. The van der Waals surface area contributed by atoms with E-state index in [0.29, 0.717) is 5.88 Å². The first-order valence-corrected chi connectivity index (χ1v) is 12.8. The zero-order chi connectivity index (χ0) is 31.1. The van der Waals surface area contributed by atoms with Crippen LogP contribution in [0.2, 0.25) is 0 Å². The van der Waals surface area contributed by atoms with E-state index in [0.717, 1.165) is 38.4 Å². The standard InChI is InChI=1S/C22H28N4O2.2C2HF3O2/c1-27-21-10-20(23-16-24-21)26-13-18-11-22(19(14-26)28-18)8-5-9-25(15-22)12-17-6-3-2-4-7-17;2*3-2(4,5)1(6)7/h2-4,6-7,10,16,18-19H,5,8-9,11-15H2,1H3;2*(H,6,7)/t18-,19-,22+;;/m0../s1. The van der Waals surface area contributed by atoms with Crippen LogP contribution in [0.25, 0.3) is 0 Å². The third kappa shape index (κ3) is 8.92. The van der Waals surface area contributed by atoms with Crippen molar-refractivity contribution in [2.75, 3.05) is 38.2 Å². The highest BCUT2D eigenvalue weighted by Gasteiger charge is 2.53. The molecule has 16 heteroatoms. The molecular formula is C26H30F6N4O6. The van der Waals surface area contributed by atoms with E-state index in [1.54, 1.807) is 13.4 Å². The van der Waals surface area contributed by atoms with Gasteiger partial charge in [0.2, 0.25) is 5.88 Å². The van der Waals surface area contributed by atoms with Gasteiger partial charge in [0.05, 0.1) is 19.3 Å². The summed E-state index contributed by atoms with van der Waals surface area (Å²) in [5, 5.41) is 14.2. The molecule has 1 aromatic carbocycles. The van der Waals surface area contributed by atoms with Crippen LogP contribution >= 0.6 is 0 Å². The fraction of sp³-hybridized carbons (Fsp3) is 0.538. The molecule has 2 N–H and O–H groups in total. The minimum absolute atomic E-state index is 0.267. The summed E-state index contributed by atoms with van der Waals surface area (Å²) in [6, 6.07) is 12.7. The Hall–Kier alpha value is -3.66. The summed E-state index contributed by atoms with van der Waals surface area (Å²) in [7, 11) is 1.65. The lowest BCUT2D eigenvalue weighted by atomic mass is 9.73. The van der Waals surface area contributed by atoms with Gasteiger partial charge in [0.1, 0.15) is 12.1 Å². The largest absolute Gasteiger partial charge is 0.490 e. The number of hydrogen-bond donors (Lipinski definition) is 2. The van der Waals surface area contributed by atoms with Crippen LogP contribution in [0.1, 0.15) is 24.8 Å². The summed E-state index contributed by atoms with van der Waals surface area (Å²) in [6.07, 6.45) is -4.35. The predicted molar refractivity (Wildman–Crippen MR) is 135 cm³/mol. The van der Waals surface area contributed by atoms with Crippen LogP contribution in [0.4, 0.5) is 32.2 Å². The minimum Gasteiger partial charge on any atom is -0.481 e. The average molecular weight is 609 g/mol. The van der Waals surface area contributed by atoms with Crippen molar-refractivity contribution in [3.05, 3.63) is 48.3 Å². The molecule has 3 aliphatic rings. The molecule has 0 saturated carbocycles. The van der Waals surface area contributed by atoms with Gasteiger partial charge in [-0.3, -0.25) is 4.90 Å². The summed E-state index contributed by atoms with van der Waals surface area (Å²) >= 11 is 0. The number of aromatic nitrogens is 2. The molecule has 0 radical (unpaired) electrons. The van der Waals surface area contributed by atoms with Gasteiger partial charge in [-0.25, -0.2) is 19.6 Å². The number of likely N-dealkylation sites (tertiary alicyclic amines) is 1. The second kappa shape index (κ2) is 13.5. The Kier molecular flexibility index (Phi) is 10.6.